The molecule has 0 saturated carbocycles. The molecule has 1 unspecified atom stereocenters. The van der Waals surface area contributed by atoms with Gasteiger partial charge < -0.3 is 0 Å². The van der Waals surface area contributed by atoms with E-state index < -0.39 is 0 Å². The lowest BCUT2D eigenvalue weighted by atomic mass is 10.0. The van der Waals surface area contributed by atoms with Crippen LogP contribution in [0.5, 0.6) is 0 Å². The molecule has 0 N–H and O–H groups in total. The Bertz CT molecular complexity index is 80.9. The minimum atomic E-state index is 0.306. The van der Waals surface area contributed by atoms with Crippen LogP contribution in [0.3, 0.4) is 0 Å². The molecule has 0 aliphatic heterocycles. The van der Waals surface area contributed by atoms with E-state index in [9.17, 15) is 0 Å². The van der Waals surface area contributed by atoms with Crippen LogP contribution in [0.25, 0.3) is 0 Å². The summed E-state index contributed by atoms with van der Waals surface area (Å²) in [6.45, 7) is 4.17. The largest absolute Gasteiger partial charge is 0.198 e. The summed E-state index contributed by atoms with van der Waals surface area (Å²) in [7, 11) is 0. The first-order valence-corrected chi connectivity index (χ1v) is 3.24. The third-order valence-electron chi connectivity index (χ3n) is 1.31. The molecule has 0 saturated heterocycles. The molecule has 1 heteroatoms. The van der Waals surface area contributed by atoms with Gasteiger partial charge in [-0.15, -0.1) is 0 Å². The van der Waals surface area contributed by atoms with Gasteiger partial charge in [-0.3, -0.25) is 0 Å². The van der Waals surface area contributed by atoms with E-state index in [2.05, 4.69) is 19.9 Å². The molecule has 0 spiro atoms. The minimum absolute atomic E-state index is 0.306. The summed E-state index contributed by atoms with van der Waals surface area (Å²) in [4.78, 5) is 0. The van der Waals surface area contributed by atoms with Gasteiger partial charge in [0, 0.05) is 5.92 Å². The van der Waals surface area contributed by atoms with Crippen molar-refractivity contribution < 1.29 is 0 Å². The van der Waals surface area contributed by atoms with Crippen LogP contribution in [0.4, 0.5) is 0 Å². The average Bonchev–Trinajstić information content (AvgIpc) is 1.83. The number of hydrogen-bond acceptors (Lipinski definition) is 1. The first kappa shape index (κ1) is 7.49. The van der Waals surface area contributed by atoms with Crippen molar-refractivity contribution in [2.45, 2.75) is 33.1 Å². The van der Waals surface area contributed by atoms with Crippen LogP contribution in [-0.2, 0) is 0 Å². The quantitative estimate of drug-likeness (QED) is 0.548. The Labute approximate surface area is 51.3 Å². The van der Waals surface area contributed by atoms with Gasteiger partial charge in [0.05, 0.1) is 6.07 Å². The molecule has 0 aliphatic rings. The lowest BCUT2D eigenvalue weighted by Crippen LogP contribution is -1.91. The lowest BCUT2D eigenvalue weighted by Gasteiger charge is -1.99. The van der Waals surface area contributed by atoms with E-state index >= 15 is 0 Å². The molecule has 0 aromatic heterocycles. The summed E-state index contributed by atoms with van der Waals surface area (Å²) in [5.41, 5.74) is 0. The molecule has 0 bridgehead atoms. The molecular formula is C7H13N. The second-order valence-electron chi connectivity index (χ2n) is 2.02. The lowest BCUT2D eigenvalue weighted by molar-refractivity contribution is 0.575. The standard InChI is InChI=1S/C7H13N/c1-3-5-7(4-2)6-8/h7H,3-5H2,1-2H3. The molecule has 0 rings (SSSR count). The fourth-order valence-electron chi connectivity index (χ4n) is 0.708. The molecule has 0 aromatic rings. The Kier molecular flexibility index (Phi) is 4.35. The van der Waals surface area contributed by atoms with Crippen molar-refractivity contribution >= 4 is 0 Å². The van der Waals surface area contributed by atoms with E-state index in [4.69, 9.17) is 5.26 Å². The van der Waals surface area contributed by atoms with Crippen LogP contribution >= 0.6 is 0 Å². The average molecular weight is 111 g/mol. The Hall–Kier alpha value is -0.510. The Morgan fingerprint density at radius 3 is 2.25 bits per heavy atom. The first-order chi connectivity index (χ1) is 3.85. The van der Waals surface area contributed by atoms with Gasteiger partial charge in [0.2, 0.25) is 0 Å². The number of rotatable bonds is 3. The summed E-state index contributed by atoms with van der Waals surface area (Å²) in [6.07, 6.45) is 3.20. The van der Waals surface area contributed by atoms with Crippen molar-refractivity contribution in [1.82, 2.24) is 0 Å². The summed E-state index contributed by atoms with van der Waals surface area (Å²) in [6, 6.07) is 2.25. The predicted octanol–water partition coefficient (Wildman–Crippen LogP) is 2.34. The van der Waals surface area contributed by atoms with Gasteiger partial charge in [-0.25, -0.2) is 0 Å². The van der Waals surface area contributed by atoms with Crippen molar-refractivity contribution in [3.63, 3.8) is 0 Å². The highest BCUT2D eigenvalue weighted by atomic mass is 14.3. The summed E-state index contributed by atoms with van der Waals surface area (Å²) >= 11 is 0. The Morgan fingerprint density at radius 2 is 2.12 bits per heavy atom. The third-order valence-corrected chi connectivity index (χ3v) is 1.31. The highest BCUT2D eigenvalue weighted by molar-refractivity contribution is 4.80. The van der Waals surface area contributed by atoms with E-state index in [0.29, 0.717) is 5.92 Å². The second kappa shape index (κ2) is 4.64. The molecular weight excluding hydrogens is 98.1 g/mol. The smallest absolute Gasteiger partial charge is 0.0655 e. The SMILES string of the molecule is CCCC(C#N)CC. The van der Waals surface area contributed by atoms with Crippen LogP contribution in [0, 0.1) is 17.2 Å². The van der Waals surface area contributed by atoms with E-state index in [1.54, 1.807) is 0 Å². The predicted molar refractivity (Wildman–Crippen MR) is 34.3 cm³/mol. The number of nitriles is 1. The molecule has 8 heavy (non-hydrogen) atoms. The monoisotopic (exact) mass is 111 g/mol. The fourth-order valence-corrected chi connectivity index (χ4v) is 0.708. The highest BCUT2D eigenvalue weighted by Crippen LogP contribution is 2.07. The summed E-state index contributed by atoms with van der Waals surface area (Å²) in [5.74, 6) is 0.306. The van der Waals surface area contributed by atoms with Gasteiger partial charge in [0.25, 0.3) is 0 Å². The Morgan fingerprint density at radius 1 is 1.50 bits per heavy atom. The number of hydrogen-bond donors (Lipinski definition) is 0. The van der Waals surface area contributed by atoms with Crippen molar-refractivity contribution in [3.05, 3.63) is 0 Å². The first-order valence-electron chi connectivity index (χ1n) is 3.24. The van der Waals surface area contributed by atoms with Gasteiger partial charge in [-0.1, -0.05) is 20.3 Å². The van der Waals surface area contributed by atoms with Gasteiger partial charge in [0.1, 0.15) is 0 Å². The van der Waals surface area contributed by atoms with Crippen LogP contribution < -0.4 is 0 Å². The minimum Gasteiger partial charge on any atom is -0.198 e. The van der Waals surface area contributed by atoms with Crippen molar-refractivity contribution in [1.29, 1.82) is 5.26 Å². The molecule has 0 radical (unpaired) electrons. The zero-order valence-electron chi connectivity index (χ0n) is 5.65. The molecule has 1 nitrogen and oxygen atoms in total. The van der Waals surface area contributed by atoms with Gasteiger partial charge in [0.15, 0.2) is 0 Å². The van der Waals surface area contributed by atoms with E-state index in [0.717, 1.165) is 19.3 Å². The van der Waals surface area contributed by atoms with E-state index in [-0.39, 0.29) is 0 Å². The molecule has 46 valence electrons. The zero-order valence-corrected chi connectivity index (χ0v) is 5.65. The van der Waals surface area contributed by atoms with E-state index in [1.165, 1.54) is 0 Å². The van der Waals surface area contributed by atoms with Crippen molar-refractivity contribution in [2.24, 2.45) is 5.92 Å². The van der Waals surface area contributed by atoms with Gasteiger partial charge in [-0.05, 0) is 12.8 Å². The van der Waals surface area contributed by atoms with Crippen molar-refractivity contribution in [3.8, 4) is 6.07 Å². The maximum Gasteiger partial charge on any atom is 0.0655 e. The highest BCUT2D eigenvalue weighted by Gasteiger charge is 1.99. The zero-order chi connectivity index (χ0) is 6.41. The molecule has 1 atom stereocenters. The van der Waals surface area contributed by atoms with Crippen LogP contribution in [0.1, 0.15) is 33.1 Å². The molecule has 0 aliphatic carbocycles. The third kappa shape index (κ3) is 2.63. The maximum atomic E-state index is 8.41. The molecule has 0 amide bonds. The van der Waals surface area contributed by atoms with Gasteiger partial charge >= 0.3 is 0 Å². The summed E-state index contributed by atoms with van der Waals surface area (Å²) < 4.78 is 0. The normalized spacial score (nSPS) is 12.6. The van der Waals surface area contributed by atoms with Crippen LogP contribution in [-0.4, -0.2) is 0 Å². The van der Waals surface area contributed by atoms with Crippen molar-refractivity contribution in [2.75, 3.05) is 0 Å². The number of nitrogens with zero attached hydrogens (tertiary/aromatic N) is 1. The molecule has 0 heterocycles. The maximum absolute atomic E-state index is 8.41. The molecule has 0 aromatic carbocycles. The molecule has 0 fully saturated rings. The Balaban J connectivity index is 3.26. The van der Waals surface area contributed by atoms with Crippen LogP contribution in [0.15, 0.2) is 0 Å². The fraction of sp³-hybridized carbons (Fsp3) is 0.857. The van der Waals surface area contributed by atoms with Gasteiger partial charge in [-0.2, -0.15) is 5.26 Å². The summed E-state index contributed by atoms with van der Waals surface area (Å²) in [5, 5.41) is 8.41. The topological polar surface area (TPSA) is 23.8 Å². The second-order valence-corrected chi connectivity index (χ2v) is 2.02. The van der Waals surface area contributed by atoms with Crippen LogP contribution in [0.2, 0.25) is 0 Å². The van der Waals surface area contributed by atoms with E-state index in [1.807, 2.05) is 0 Å².